The molecule has 0 amide bonds. The fourth-order valence-corrected chi connectivity index (χ4v) is 1.44. The highest BCUT2D eigenvalue weighted by atomic mass is 35.5. The minimum Gasteiger partial charge on any atom is -0.368 e. The van der Waals surface area contributed by atoms with Gasteiger partial charge in [-0.1, -0.05) is 0 Å². The van der Waals surface area contributed by atoms with Crippen LogP contribution in [0.2, 0.25) is 0 Å². The molecule has 1 heterocycles. The topological polar surface area (TPSA) is 67.9 Å². The first-order chi connectivity index (χ1) is 7.21. The first-order valence-corrected chi connectivity index (χ1v) is 5.56. The Morgan fingerprint density at radius 2 is 1.87 bits per heavy atom. The van der Waals surface area contributed by atoms with Crippen LogP contribution in [0, 0.1) is 0 Å². The van der Waals surface area contributed by atoms with Crippen LogP contribution in [-0.2, 0) is 6.42 Å². The van der Waals surface area contributed by atoms with E-state index in [0.717, 1.165) is 13.1 Å². The quantitative estimate of drug-likeness (QED) is 0.766. The normalized spacial score (nSPS) is 10.3. The van der Waals surface area contributed by atoms with Gasteiger partial charge in [-0.3, -0.25) is 0 Å². The third kappa shape index (κ3) is 3.20. The molecule has 0 aliphatic carbocycles. The summed E-state index contributed by atoms with van der Waals surface area (Å²) in [6, 6.07) is 0. The maximum absolute atomic E-state index is 5.63. The van der Waals surface area contributed by atoms with Crippen LogP contribution in [0.25, 0.3) is 0 Å². The molecular weight excluding hydrogens is 214 g/mol. The maximum Gasteiger partial charge on any atom is 0.230 e. The molecule has 15 heavy (non-hydrogen) atoms. The van der Waals surface area contributed by atoms with E-state index in [1.54, 1.807) is 0 Å². The molecule has 0 saturated heterocycles. The van der Waals surface area contributed by atoms with Gasteiger partial charge in [0.2, 0.25) is 11.9 Å². The molecule has 5 nitrogen and oxygen atoms in total. The number of hydrogen-bond acceptors (Lipinski definition) is 5. The van der Waals surface area contributed by atoms with Gasteiger partial charge >= 0.3 is 0 Å². The number of hydrogen-bond donors (Lipinski definition) is 1. The number of rotatable bonds is 5. The second kappa shape index (κ2) is 5.70. The predicted octanol–water partition coefficient (Wildman–Crippen LogP) is 1.08. The number of aryl methyl sites for hydroxylation is 1. The smallest absolute Gasteiger partial charge is 0.230 e. The van der Waals surface area contributed by atoms with E-state index in [1.165, 1.54) is 0 Å². The molecule has 0 radical (unpaired) electrons. The van der Waals surface area contributed by atoms with Crippen LogP contribution in [0.3, 0.4) is 0 Å². The van der Waals surface area contributed by atoms with E-state index in [-0.39, 0.29) is 5.95 Å². The van der Waals surface area contributed by atoms with Crippen molar-refractivity contribution in [3.8, 4) is 0 Å². The molecule has 6 heteroatoms. The fraction of sp³-hybridized carbons (Fsp3) is 0.667. The second-order valence-corrected chi connectivity index (χ2v) is 3.40. The number of nitrogen functional groups attached to an aromatic ring is 1. The molecule has 0 spiro atoms. The van der Waals surface area contributed by atoms with E-state index in [1.807, 2.05) is 18.7 Å². The summed E-state index contributed by atoms with van der Waals surface area (Å²) in [5, 5.41) is 0. The van der Waals surface area contributed by atoms with Crippen molar-refractivity contribution in [3.05, 3.63) is 5.82 Å². The zero-order chi connectivity index (χ0) is 11.3. The summed E-state index contributed by atoms with van der Waals surface area (Å²) in [4.78, 5) is 14.4. The van der Waals surface area contributed by atoms with Crippen molar-refractivity contribution in [1.29, 1.82) is 0 Å². The zero-order valence-corrected chi connectivity index (χ0v) is 9.83. The highest BCUT2D eigenvalue weighted by molar-refractivity contribution is 6.17. The molecule has 0 fully saturated rings. The van der Waals surface area contributed by atoms with Gasteiger partial charge in [0.15, 0.2) is 0 Å². The van der Waals surface area contributed by atoms with Crippen LogP contribution in [0.5, 0.6) is 0 Å². The Labute approximate surface area is 94.7 Å². The van der Waals surface area contributed by atoms with Crippen LogP contribution in [0.4, 0.5) is 11.9 Å². The van der Waals surface area contributed by atoms with Crippen LogP contribution in [0.15, 0.2) is 0 Å². The van der Waals surface area contributed by atoms with Gasteiger partial charge < -0.3 is 10.6 Å². The molecule has 84 valence electrons. The SMILES string of the molecule is CCN(CC)c1nc(N)nc(CCCl)n1. The van der Waals surface area contributed by atoms with Gasteiger partial charge in [-0.25, -0.2) is 0 Å². The van der Waals surface area contributed by atoms with E-state index in [2.05, 4.69) is 15.0 Å². The zero-order valence-electron chi connectivity index (χ0n) is 9.07. The van der Waals surface area contributed by atoms with Gasteiger partial charge in [-0.05, 0) is 13.8 Å². The lowest BCUT2D eigenvalue weighted by atomic mass is 10.4. The highest BCUT2D eigenvalue weighted by Crippen LogP contribution is 2.09. The summed E-state index contributed by atoms with van der Waals surface area (Å²) in [7, 11) is 0. The number of aromatic nitrogens is 3. The summed E-state index contributed by atoms with van der Waals surface area (Å²) in [5.41, 5.74) is 5.60. The average molecular weight is 230 g/mol. The van der Waals surface area contributed by atoms with Crippen molar-refractivity contribution in [1.82, 2.24) is 15.0 Å². The number of nitrogens with two attached hydrogens (primary N) is 1. The molecule has 0 atom stereocenters. The Morgan fingerprint density at radius 1 is 1.20 bits per heavy atom. The van der Waals surface area contributed by atoms with Crippen molar-refractivity contribution >= 4 is 23.5 Å². The number of anilines is 2. The summed E-state index contributed by atoms with van der Waals surface area (Å²) in [6.07, 6.45) is 0.614. The van der Waals surface area contributed by atoms with E-state index >= 15 is 0 Å². The number of halogens is 1. The minimum absolute atomic E-state index is 0.256. The van der Waals surface area contributed by atoms with Crippen molar-refractivity contribution in [2.75, 3.05) is 29.6 Å². The summed E-state index contributed by atoms with van der Waals surface area (Å²) in [6.45, 7) is 5.79. The first kappa shape index (κ1) is 12.0. The fourth-order valence-electron chi connectivity index (χ4n) is 1.27. The van der Waals surface area contributed by atoms with Crippen LogP contribution in [-0.4, -0.2) is 33.9 Å². The van der Waals surface area contributed by atoms with Gasteiger partial charge in [-0.15, -0.1) is 11.6 Å². The number of alkyl halides is 1. The molecular formula is C9H16ClN5. The summed E-state index contributed by atoms with van der Waals surface area (Å²) >= 11 is 5.63. The lowest BCUT2D eigenvalue weighted by Crippen LogP contribution is -2.25. The Bertz CT molecular complexity index is 313. The lowest BCUT2D eigenvalue weighted by Gasteiger charge is -2.18. The van der Waals surface area contributed by atoms with Crippen LogP contribution >= 0.6 is 11.6 Å². The van der Waals surface area contributed by atoms with Gasteiger partial charge in [0.25, 0.3) is 0 Å². The first-order valence-electron chi connectivity index (χ1n) is 5.02. The largest absolute Gasteiger partial charge is 0.368 e. The van der Waals surface area contributed by atoms with Crippen molar-refractivity contribution in [3.63, 3.8) is 0 Å². The molecule has 0 bridgehead atoms. The molecule has 2 N–H and O–H groups in total. The van der Waals surface area contributed by atoms with Gasteiger partial charge in [0.05, 0.1) is 0 Å². The molecule has 0 aliphatic rings. The van der Waals surface area contributed by atoms with Crippen molar-refractivity contribution in [2.24, 2.45) is 0 Å². The summed E-state index contributed by atoms with van der Waals surface area (Å²) in [5.74, 6) is 2.03. The number of nitrogens with zero attached hydrogens (tertiary/aromatic N) is 4. The molecule has 0 aliphatic heterocycles. The van der Waals surface area contributed by atoms with Gasteiger partial charge in [0, 0.05) is 25.4 Å². The van der Waals surface area contributed by atoms with Crippen LogP contribution in [0.1, 0.15) is 19.7 Å². The van der Waals surface area contributed by atoms with E-state index in [4.69, 9.17) is 17.3 Å². The molecule has 0 saturated carbocycles. The summed E-state index contributed by atoms with van der Waals surface area (Å²) < 4.78 is 0. The van der Waals surface area contributed by atoms with Crippen LogP contribution < -0.4 is 10.6 Å². The van der Waals surface area contributed by atoms with E-state index < -0.39 is 0 Å². The van der Waals surface area contributed by atoms with Crippen molar-refractivity contribution < 1.29 is 0 Å². The minimum atomic E-state index is 0.256. The Hall–Kier alpha value is -1.10. The average Bonchev–Trinajstić information content (AvgIpc) is 2.19. The highest BCUT2D eigenvalue weighted by Gasteiger charge is 2.08. The standard InChI is InChI=1S/C9H16ClN5/c1-3-15(4-2)9-13-7(5-6-10)12-8(11)14-9/h3-6H2,1-2H3,(H2,11,12,13,14). The van der Waals surface area contributed by atoms with Gasteiger partial charge in [-0.2, -0.15) is 15.0 Å². The Balaban J connectivity index is 2.96. The third-order valence-corrected chi connectivity index (χ3v) is 2.24. The predicted molar refractivity (Wildman–Crippen MR) is 62.2 cm³/mol. The second-order valence-electron chi connectivity index (χ2n) is 3.02. The Kier molecular flexibility index (Phi) is 4.55. The monoisotopic (exact) mass is 229 g/mol. The van der Waals surface area contributed by atoms with E-state index in [0.29, 0.717) is 24.1 Å². The molecule has 1 aromatic heterocycles. The lowest BCUT2D eigenvalue weighted by molar-refractivity contribution is 0.794. The third-order valence-electron chi connectivity index (χ3n) is 2.05. The van der Waals surface area contributed by atoms with Crippen molar-refractivity contribution in [2.45, 2.75) is 20.3 Å². The molecule has 1 aromatic rings. The van der Waals surface area contributed by atoms with E-state index in [9.17, 15) is 0 Å². The van der Waals surface area contributed by atoms with Gasteiger partial charge in [0.1, 0.15) is 5.82 Å². The Morgan fingerprint density at radius 3 is 2.40 bits per heavy atom. The molecule has 1 rings (SSSR count). The molecule has 0 unspecified atom stereocenters. The maximum atomic E-state index is 5.63. The molecule has 0 aromatic carbocycles.